The van der Waals surface area contributed by atoms with E-state index in [9.17, 15) is 8.42 Å². The summed E-state index contributed by atoms with van der Waals surface area (Å²) in [6, 6.07) is 0. The zero-order valence-electron chi connectivity index (χ0n) is 10.2. The normalized spacial score (nSPS) is 17.4. The monoisotopic (exact) mass is 258 g/mol. The van der Waals surface area contributed by atoms with Crippen LogP contribution in [0, 0.1) is 0 Å². The molecule has 0 fully saturated rings. The number of H-pyrrole nitrogens is 1. The van der Waals surface area contributed by atoms with Crippen LogP contribution in [-0.4, -0.2) is 60.8 Å². The quantitative estimate of drug-likeness (QED) is 0.802. The number of aromatic amines is 1. The summed E-state index contributed by atoms with van der Waals surface area (Å²) in [5.74, 6) is 0.174. The summed E-state index contributed by atoms with van der Waals surface area (Å²) in [6.07, 6.45) is 2.74. The predicted octanol–water partition coefficient (Wildman–Crippen LogP) is -0.341. The minimum Gasteiger partial charge on any atom is -0.298 e. The number of hydrogen-bond donors (Lipinski definition) is 1. The molecule has 1 aliphatic rings. The van der Waals surface area contributed by atoms with E-state index in [1.54, 1.807) is 14.1 Å². The van der Waals surface area contributed by atoms with Crippen LogP contribution in [0.5, 0.6) is 0 Å². The molecule has 0 amide bonds. The van der Waals surface area contributed by atoms with Crippen molar-refractivity contribution in [2.75, 3.05) is 32.9 Å². The van der Waals surface area contributed by atoms with Crippen molar-refractivity contribution in [2.24, 2.45) is 0 Å². The van der Waals surface area contributed by atoms with Crippen LogP contribution >= 0.6 is 0 Å². The summed E-state index contributed by atoms with van der Waals surface area (Å²) in [4.78, 5) is 2.15. The van der Waals surface area contributed by atoms with E-state index in [1.807, 2.05) is 6.20 Å². The molecular formula is C10H18N4O2S. The van der Waals surface area contributed by atoms with Crippen molar-refractivity contribution >= 4 is 10.0 Å². The van der Waals surface area contributed by atoms with Gasteiger partial charge in [0.2, 0.25) is 10.0 Å². The Bertz CT molecular complexity index is 480. The van der Waals surface area contributed by atoms with Crippen molar-refractivity contribution in [2.45, 2.75) is 13.0 Å². The lowest BCUT2D eigenvalue weighted by molar-refractivity contribution is 0.267. The van der Waals surface area contributed by atoms with Crippen LogP contribution in [0.2, 0.25) is 0 Å². The first-order chi connectivity index (χ1) is 7.99. The third kappa shape index (κ3) is 2.85. The molecule has 7 heteroatoms. The van der Waals surface area contributed by atoms with Crippen LogP contribution in [-0.2, 0) is 23.0 Å². The van der Waals surface area contributed by atoms with E-state index < -0.39 is 10.0 Å². The molecule has 96 valence electrons. The third-order valence-electron chi connectivity index (χ3n) is 3.10. The lowest BCUT2D eigenvalue weighted by Crippen LogP contribution is -2.36. The summed E-state index contributed by atoms with van der Waals surface area (Å²) in [5.41, 5.74) is 2.36. The Balaban J connectivity index is 1.91. The van der Waals surface area contributed by atoms with Crippen LogP contribution in [0.3, 0.4) is 0 Å². The molecule has 17 heavy (non-hydrogen) atoms. The summed E-state index contributed by atoms with van der Waals surface area (Å²) >= 11 is 0. The van der Waals surface area contributed by atoms with Gasteiger partial charge in [-0.15, -0.1) is 0 Å². The summed E-state index contributed by atoms with van der Waals surface area (Å²) < 4.78 is 24.6. The lowest BCUT2D eigenvalue weighted by Gasteiger charge is -2.26. The minimum atomic E-state index is -3.09. The molecule has 2 heterocycles. The summed E-state index contributed by atoms with van der Waals surface area (Å²) in [7, 11) is 0.0450. The molecule has 0 aliphatic carbocycles. The largest absolute Gasteiger partial charge is 0.298 e. The number of aromatic nitrogens is 2. The zero-order chi connectivity index (χ0) is 12.5. The van der Waals surface area contributed by atoms with Crippen LogP contribution in [0.25, 0.3) is 0 Å². The number of fused-ring (bicyclic) bond motifs is 1. The molecule has 1 aromatic rings. The lowest BCUT2D eigenvalue weighted by atomic mass is 10.1. The first-order valence-electron chi connectivity index (χ1n) is 5.63. The van der Waals surface area contributed by atoms with Gasteiger partial charge in [0.05, 0.1) is 11.9 Å². The topological polar surface area (TPSA) is 69.3 Å². The van der Waals surface area contributed by atoms with E-state index in [0.29, 0.717) is 6.54 Å². The van der Waals surface area contributed by atoms with Crippen LogP contribution in [0.15, 0.2) is 6.20 Å². The highest BCUT2D eigenvalue weighted by Crippen LogP contribution is 2.15. The molecule has 1 aliphatic heterocycles. The van der Waals surface area contributed by atoms with E-state index in [1.165, 1.54) is 15.6 Å². The maximum atomic E-state index is 11.6. The molecule has 0 aromatic carbocycles. The fourth-order valence-electron chi connectivity index (χ4n) is 1.90. The Hall–Kier alpha value is -0.920. The van der Waals surface area contributed by atoms with Gasteiger partial charge in [-0.1, -0.05) is 0 Å². The Kier molecular flexibility index (Phi) is 3.50. The number of rotatable bonds is 4. The number of nitrogens with one attached hydrogen (secondary N) is 1. The minimum absolute atomic E-state index is 0.174. The van der Waals surface area contributed by atoms with E-state index >= 15 is 0 Å². The van der Waals surface area contributed by atoms with Crippen molar-refractivity contribution in [3.8, 4) is 0 Å². The second kappa shape index (κ2) is 4.75. The molecule has 0 atom stereocenters. The van der Waals surface area contributed by atoms with Gasteiger partial charge in [-0.05, 0) is 0 Å². The first-order valence-corrected chi connectivity index (χ1v) is 7.23. The molecule has 1 aromatic heterocycles. The predicted molar refractivity (Wildman–Crippen MR) is 65.0 cm³/mol. The maximum absolute atomic E-state index is 11.6. The third-order valence-corrected chi connectivity index (χ3v) is 4.91. The maximum Gasteiger partial charge on any atom is 0.214 e. The number of sulfonamides is 1. The molecule has 0 spiro atoms. The highest BCUT2D eigenvalue weighted by atomic mass is 32.2. The van der Waals surface area contributed by atoms with Gasteiger partial charge in [-0.3, -0.25) is 10.00 Å². The molecule has 0 saturated carbocycles. The van der Waals surface area contributed by atoms with Gasteiger partial charge in [-0.25, -0.2) is 12.7 Å². The van der Waals surface area contributed by atoms with Crippen molar-refractivity contribution in [1.82, 2.24) is 19.4 Å². The standard InChI is InChI=1S/C10H18N4O2S/c1-13(2)17(15,16)6-5-14-4-3-10-9(8-14)7-11-12-10/h7H,3-6,8H2,1-2H3,(H,11,12). The van der Waals surface area contributed by atoms with Crippen LogP contribution < -0.4 is 0 Å². The second-order valence-electron chi connectivity index (χ2n) is 4.50. The molecule has 0 saturated heterocycles. The molecule has 6 nitrogen and oxygen atoms in total. The highest BCUT2D eigenvalue weighted by Gasteiger charge is 2.20. The molecule has 0 radical (unpaired) electrons. The number of nitrogens with zero attached hydrogens (tertiary/aromatic N) is 3. The summed E-state index contributed by atoms with van der Waals surface area (Å²) in [5, 5.41) is 6.96. The van der Waals surface area contributed by atoms with Gasteiger partial charge in [0.25, 0.3) is 0 Å². The van der Waals surface area contributed by atoms with Crippen LogP contribution in [0.1, 0.15) is 11.3 Å². The molecule has 2 rings (SSSR count). The van der Waals surface area contributed by atoms with Gasteiger partial charge in [0, 0.05) is 51.4 Å². The Morgan fingerprint density at radius 1 is 1.53 bits per heavy atom. The van der Waals surface area contributed by atoms with Crippen molar-refractivity contribution < 1.29 is 8.42 Å². The number of hydrogen-bond acceptors (Lipinski definition) is 4. The molecular weight excluding hydrogens is 240 g/mol. The van der Waals surface area contributed by atoms with Crippen molar-refractivity contribution in [1.29, 1.82) is 0 Å². The SMILES string of the molecule is CN(C)S(=O)(=O)CCN1CCc2[nH]ncc2C1. The smallest absolute Gasteiger partial charge is 0.214 e. The summed E-state index contributed by atoms with van der Waals surface area (Å²) in [6.45, 7) is 2.25. The Morgan fingerprint density at radius 3 is 3.00 bits per heavy atom. The van der Waals surface area contributed by atoms with E-state index in [0.717, 1.165) is 19.5 Å². The van der Waals surface area contributed by atoms with E-state index in [4.69, 9.17) is 0 Å². The highest BCUT2D eigenvalue weighted by molar-refractivity contribution is 7.89. The molecule has 0 bridgehead atoms. The van der Waals surface area contributed by atoms with Crippen LogP contribution in [0.4, 0.5) is 0 Å². The fourth-order valence-corrected chi connectivity index (χ4v) is 2.75. The first kappa shape index (κ1) is 12.5. The van der Waals surface area contributed by atoms with Gasteiger partial charge in [0.1, 0.15) is 0 Å². The average Bonchev–Trinajstić information content (AvgIpc) is 2.73. The zero-order valence-corrected chi connectivity index (χ0v) is 11.0. The molecule has 0 unspecified atom stereocenters. The van der Waals surface area contributed by atoms with Crippen molar-refractivity contribution in [3.63, 3.8) is 0 Å². The van der Waals surface area contributed by atoms with E-state index in [-0.39, 0.29) is 5.75 Å². The van der Waals surface area contributed by atoms with Gasteiger partial charge < -0.3 is 0 Å². The van der Waals surface area contributed by atoms with Gasteiger partial charge in [-0.2, -0.15) is 5.10 Å². The molecule has 1 N–H and O–H groups in total. The average molecular weight is 258 g/mol. The van der Waals surface area contributed by atoms with E-state index in [2.05, 4.69) is 15.1 Å². The second-order valence-corrected chi connectivity index (χ2v) is 6.80. The fraction of sp³-hybridized carbons (Fsp3) is 0.700. The Morgan fingerprint density at radius 2 is 2.29 bits per heavy atom. The Labute approximate surface area is 102 Å². The van der Waals surface area contributed by atoms with Crippen molar-refractivity contribution in [3.05, 3.63) is 17.5 Å². The van der Waals surface area contributed by atoms with Gasteiger partial charge >= 0.3 is 0 Å². The van der Waals surface area contributed by atoms with Gasteiger partial charge in [0.15, 0.2) is 0 Å².